The summed E-state index contributed by atoms with van der Waals surface area (Å²) in [6.07, 6.45) is 3.13. The fraction of sp³-hybridized carbons (Fsp3) is 0. The van der Waals surface area contributed by atoms with Crippen molar-refractivity contribution in [3.8, 4) is 6.07 Å². The van der Waals surface area contributed by atoms with E-state index in [1.54, 1.807) is 11.6 Å². The number of nitriles is 1. The molecule has 1 aromatic carbocycles. The van der Waals surface area contributed by atoms with Crippen LogP contribution in [0.25, 0.3) is 6.08 Å². The Morgan fingerprint density at radius 2 is 2.16 bits per heavy atom. The normalized spacial score (nSPS) is 10.8. The van der Waals surface area contributed by atoms with Gasteiger partial charge in [-0.05, 0) is 23.8 Å². The van der Waals surface area contributed by atoms with Crippen molar-refractivity contribution in [2.24, 2.45) is 0 Å². The van der Waals surface area contributed by atoms with Crippen LogP contribution in [0.1, 0.15) is 5.56 Å². The first-order valence-electron chi connectivity index (χ1n) is 5.27. The Bertz CT molecular complexity index is 642. The number of halogens is 1. The molecule has 1 heterocycles. The second kappa shape index (κ2) is 6.27. The number of thiazole rings is 1. The van der Waals surface area contributed by atoms with Gasteiger partial charge in [-0.15, -0.1) is 11.3 Å². The lowest BCUT2D eigenvalue weighted by Gasteiger charge is -2.00. The van der Waals surface area contributed by atoms with Crippen molar-refractivity contribution < 1.29 is 4.79 Å². The average molecular weight is 334 g/mol. The zero-order valence-corrected chi connectivity index (χ0v) is 12.0. The molecule has 0 fully saturated rings. The molecule has 0 saturated heterocycles. The molecule has 2 aromatic rings. The molecule has 1 amide bonds. The largest absolute Gasteiger partial charge is 0.297 e. The van der Waals surface area contributed by atoms with Crippen molar-refractivity contribution >= 4 is 44.4 Å². The van der Waals surface area contributed by atoms with Gasteiger partial charge in [0.2, 0.25) is 0 Å². The second-order valence-electron chi connectivity index (χ2n) is 3.51. The maximum Gasteiger partial charge on any atom is 0.268 e. The van der Waals surface area contributed by atoms with Gasteiger partial charge < -0.3 is 0 Å². The monoisotopic (exact) mass is 333 g/mol. The van der Waals surface area contributed by atoms with Crippen LogP contribution in [-0.4, -0.2) is 10.9 Å². The highest BCUT2D eigenvalue weighted by molar-refractivity contribution is 9.10. The molecule has 0 radical (unpaired) electrons. The Kier molecular flexibility index (Phi) is 4.44. The molecule has 4 nitrogen and oxygen atoms in total. The molecule has 94 valence electrons. The molecular weight excluding hydrogens is 326 g/mol. The summed E-state index contributed by atoms with van der Waals surface area (Å²) in [6.45, 7) is 0. The molecule has 0 spiro atoms. The van der Waals surface area contributed by atoms with E-state index in [-0.39, 0.29) is 5.57 Å². The molecule has 0 aliphatic heterocycles. The number of carbonyl (C=O) groups excluding carboxylic acids is 1. The zero-order chi connectivity index (χ0) is 13.7. The molecule has 1 aromatic heterocycles. The van der Waals surface area contributed by atoms with Crippen molar-refractivity contribution in [1.82, 2.24) is 4.98 Å². The van der Waals surface area contributed by atoms with Gasteiger partial charge in [-0.25, -0.2) is 4.98 Å². The number of nitrogens with one attached hydrogen (secondary N) is 1. The third-order valence-electron chi connectivity index (χ3n) is 2.20. The van der Waals surface area contributed by atoms with E-state index in [2.05, 4.69) is 26.2 Å². The van der Waals surface area contributed by atoms with Crippen LogP contribution in [0.4, 0.5) is 5.13 Å². The van der Waals surface area contributed by atoms with Gasteiger partial charge in [-0.1, -0.05) is 28.1 Å². The summed E-state index contributed by atoms with van der Waals surface area (Å²) in [5, 5.41) is 13.8. The van der Waals surface area contributed by atoms with Crippen LogP contribution in [-0.2, 0) is 4.79 Å². The molecule has 0 saturated carbocycles. The Hall–Kier alpha value is -1.97. The first-order chi connectivity index (χ1) is 9.19. The quantitative estimate of drug-likeness (QED) is 0.691. The van der Waals surface area contributed by atoms with Crippen molar-refractivity contribution in [1.29, 1.82) is 5.26 Å². The van der Waals surface area contributed by atoms with Crippen LogP contribution in [0.3, 0.4) is 0 Å². The van der Waals surface area contributed by atoms with Gasteiger partial charge >= 0.3 is 0 Å². The number of hydrogen-bond donors (Lipinski definition) is 1. The molecule has 0 unspecified atom stereocenters. The smallest absolute Gasteiger partial charge is 0.268 e. The number of benzene rings is 1. The lowest BCUT2D eigenvalue weighted by atomic mass is 10.1. The van der Waals surface area contributed by atoms with Crippen LogP contribution >= 0.6 is 27.3 Å². The van der Waals surface area contributed by atoms with Gasteiger partial charge in [0.15, 0.2) is 5.13 Å². The fourth-order valence-electron chi connectivity index (χ4n) is 1.32. The number of aromatic nitrogens is 1. The van der Waals surface area contributed by atoms with Crippen molar-refractivity contribution in [2.75, 3.05) is 5.32 Å². The predicted octanol–water partition coefficient (Wildman–Crippen LogP) is 3.45. The van der Waals surface area contributed by atoms with Crippen LogP contribution < -0.4 is 5.32 Å². The highest BCUT2D eigenvalue weighted by Crippen LogP contribution is 2.15. The molecule has 0 bridgehead atoms. The lowest BCUT2D eigenvalue weighted by Crippen LogP contribution is -2.13. The molecule has 2 rings (SSSR count). The van der Waals surface area contributed by atoms with Gasteiger partial charge in [0, 0.05) is 16.0 Å². The first kappa shape index (κ1) is 13.5. The van der Waals surface area contributed by atoms with Crippen molar-refractivity contribution in [3.05, 3.63) is 51.5 Å². The number of rotatable bonds is 3. The van der Waals surface area contributed by atoms with E-state index in [1.165, 1.54) is 17.4 Å². The molecule has 1 N–H and O–H groups in total. The van der Waals surface area contributed by atoms with Crippen molar-refractivity contribution in [3.63, 3.8) is 0 Å². The Labute approximate surface area is 122 Å². The van der Waals surface area contributed by atoms with Gasteiger partial charge in [-0.3, -0.25) is 10.1 Å². The van der Waals surface area contributed by atoms with E-state index in [1.807, 2.05) is 30.3 Å². The molecule has 6 heteroatoms. The Balaban J connectivity index is 2.17. The van der Waals surface area contributed by atoms with Crippen LogP contribution in [0.2, 0.25) is 0 Å². The highest BCUT2D eigenvalue weighted by Gasteiger charge is 2.10. The summed E-state index contributed by atoms with van der Waals surface area (Å²) in [5.41, 5.74) is 0.826. The molecule has 0 atom stereocenters. The van der Waals surface area contributed by atoms with Crippen LogP contribution in [0, 0.1) is 11.3 Å². The third kappa shape index (κ3) is 3.74. The summed E-state index contributed by atoms with van der Waals surface area (Å²) in [7, 11) is 0. The molecule has 19 heavy (non-hydrogen) atoms. The number of nitrogens with zero attached hydrogens (tertiary/aromatic N) is 2. The number of anilines is 1. The number of hydrogen-bond acceptors (Lipinski definition) is 4. The highest BCUT2D eigenvalue weighted by atomic mass is 79.9. The molecule has 0 aliphatic rings. The summed E-state index contributed by atoms with van der Waals surface area (Å²) in [6, 6.07) is 9.22. The second-order valence-corrected chi connectivity index (χ2v) is 5.32. The van der Waals surface area contributed by atoms with Crippen LogP contribution in [0.15, 0.2) is 45.9 Å². The maximum absolute atomic E-state index is 11.9. The summed E-state index contributed by atoms with van der Waals surface area (Å²) in [5.74, 6) is -0.458. The third-order valence-corrected chi connectivity index (χ3v) is 3.42. The summed E-state index contributed by atoms with van der Waals surface area (Å²) >= 11 is 4.63. The zero-order valence-electron chi connectivity index (χ0n) is 9.63. The van der Waals surface area contributed by atoms with Gasteiger partial charge in [0.05, 0.1) is 0 Å². The Morgan fingerprint density at radius 1 is 1.42 bits per heavy atom. The fourth-order valence-corrected chi connectivity index (χ4v) is 2.11. The first-order valence-corrected chi connectivity index (χ1v) is 6.94. The topological polar surface area (TPSA) is 65.8 Å². The van der Waals surface area contributed by atoms with Gasteiger partial charge in [-0.2, -0.15) is 5.26 Å². The van der Waals surface area contributed by atoms with Gasteiger partial charge in [0.1, 0.15) is 11.6 Å². The van der Waals surface area contributed by atoms with E-state index in [4.69, 9.17) is 5.26 Å². The van der Waals surface area contributed by atoms with E-state index in [0.29, 0.717) is 5.13 Å². The summed E-state index contributed by atoms with van der Waals surface area (Å²) in [4.78, 5) is 15.8. The number of carbonyl (C=O) groups is 1. The van der Waals surface area contributed by atoms with Gasteiger partial charge in [0.25, 0.3) is 5.91 Å². The maximum atomic E-state index is 11.9. The number of amides is 1. The van der Waals surface area contributed by atoms with E-state index < -0.39 is 5.91 Å². The summed E-state index contributed by atoms with van der Waals surface area (Å²) < 4.78 is 0.940. The van der Waals surface area contributed by atoms with E-state index in [0.717, 1.165) is 10.0 Å². The minimum Gasteiger partial charge on any atom is -0.297 e. The SMILES string of the molecule is N#C/C(=C\c1ccc(Br)cc1)C(=O)Nc1nccs1. The minimum absolute atomic E-state index is 0.0394. The van der Waals surface area contributed by atoms with E-state index in [9.17, 15) is 4.79 Å². The average Bonchev–Trinajstić information content (AvgIpc) is 2.90. The standard InChI is InChI=1S/C13H8BrN3OS/c14-11-3-1-9(2-4-11)7-10(8-15)12(18)17-13-16-5-6-19-13/h1-7H,(H,16,17,18)/b10-7+. The van der Waals surface area contributed by atoms with Crippen molar-refractivity contribution in [2.45, 2.75) is 0 Å². The van der Waals surface area contributed by atoms with E-state index >= 15 is 0 Å². The Morgan fingerprint density at radius 3 is 2.74 bits per heavy atom. The minimum atomic E-state index is -0.458. The predicted molar refractivity (Wildman–Crippen MR) is 78.5 cm³/mol. The molecule has 0 aliphatic carbocycles. The lowest BCUT2D eigenvalue weighted by molar-refractivity contribution is -0.112. The van der Waals surface area contributed by atoms with Crippen LogP contribution in [0.5, 0.6) is 0 Å². The molecular formula is C13H8BrN3OS.